The Morgan fingerprint density at radius 3 is 2.72 bits per heavy atom. The molecule has 0 amide bonds. The maximum Gasteiger partial charge on any atom is 0.0946 e. The molecule has 2 rings (SSSR count). The third-order valence-electron chi connectivity index (χ3n) is 3.05. The van der Waals surface area contributed by atoms with Crippen molar-refractivity contribution >= 4 is 0 Å². The van der Waals surface area contributed by atoms with E-state index in [1.54, 1.807) is 0 Å². The van der Waals surface area contributed by atoms with Gasteiger partial charge in [-0.05, 0) is 24.9 Å². The van der Waals surface area contributed by atoms with Crippen LogP contribution < -0.4 is 5.32 Å². The predicted octanol–water partition coefficient (Wildman–Crippen LogP) is 1.44. The molecule has 0 aliphatic heterocycles. The Kier molecular flexibility index (Phi) is 4.15. The van der Waals surface area contributed by atoms with E-state index in [1.807, 2.05) is 37.5 Å². The Balaban J connectivity index is 2.12. The molecule has 0 aliphatic carbocycles. The van der Waals surface area contributed by atoms with Gasteiger partial charge in [0.2, 0.25) is 0 Å². The van der Waals surface area contributed by atoms with E-state index >= 15 is 0 Å². The molecule has 0 saturated heterocycles. The molecular formula is C13H21N5. The summed E-state index contributed by atoms with van der Waals surface area (Å²) in [4.78, 5) is 4.20. The highest BCUT2D eigenvalue weighted by Crippen LogP contribution is 2.17. The molecule has 0 bridgehead atoms. The number of imidazole rings is 1. The molecule has 98 valence electrons. The lowest BCUT2D eigenvalue weighted by atomic mass is 10.1. The minimum atomic E-state index is 0.293. The molecule has 1 atom stereocenters. The van der Waals surface area contributed by atoms with Gasteiger partial charge in [-0.25, -0.2) is 4.98 Å². The quantitative estimate of drug-likeness (QED) is 0.840. The molecule has 0 saturated carbocycles. The van der Waals surface area contributed by atoms with Gasteiger partial charge in [0.15, 0.2) is 0 Å². The van der Waals surface area contributed by atoms with Crippen molar-refractivity contribution in [2.75, 3.05) is 6.54 Å². The summed E-state index contributed by atoms with van der Waals surface area (Å²) >= 11 is 0. The van der Waals surface area contributed by atoms with E-state index in [4.69, 9.17) is 0 Å². The summed E-state index contributed by atoms with van der Waals surface area (Å²) in [5.74, 6) is 0. The van der Waals surface area contributed by atoms with Gasteiger partial charge in [-0.15, -0.1) is 0 Å². The molecule has 0 radical (unpaired) electrons. The molecule has 0 aromatic carbocycles. The monoisotopic (exact) mass is 247 g/mol. The van der Waals surface area contributed by atoms with Crippen LogP contribution in [0.4, 0.5) is 0 Å². The number of nitrogens with one attached hydrogen (secondary N) is 1. The maximum atomic E-state index is 4.22. The van der Waals surface area contributed by atoms with Crippen molar-refractivity contribution in [3.8, 4) is 0 Å². The highest BCUT2D eigenvalue weighted by Gasteiger charge is 2.15. The van der Waals surface area contributed by atoms with Crippen LogP contribution in [0.5, 0.6) is 0 Å². The number of aryl methyl sites for hydroxylation is 2. The molecule has 2 heterocycles. The molecule has 18 heavy (non-hydrogen) atoms. The van der Waals surface area contributed by atoms with Crippen molar-refractivity contribution in [3.63, 3.8) is 0 Å². The smallest absolute Gasteiger partial charge is 0.0946 e. The second kappa shape index (κ2) is 5.82. The van der Waals surface area contributed by atoms with Crippen molar-refractivity contribution in [1.29, 1.82) is 0 Å². The lowest BCUT2D eigenvalue weighted by molar-refractivity contribution is 0.504. The van der Waals surface area contributed by atoms with Gasteiger partial charge < -0.3 is 9.88 Å². The molecule has 0 fully saturated rings. The molecule has 0 aliphatic rings. The van der Waals surface area contributed by atoms with Gasteiger partial charge in [0.05, 0.1) is 24.3 Å². The van der Waals surface area contributed by atoms with Crippen molar-refractivity contribution in [1.82, 2.24) is 24.6 Å². The highest BCUT2D eigenvalue weighted by atomic mass is 15.2. The van der Waals surface area contributed by atoms with Gasteiger partial charge in [0.25, 0.3) is 0 Å². The zero-order chi connectivity index (χ0) is 13.0. The summed E-state index contributed by atoms with van der Waals surface area (Å²) in [6.07, 6.45) is 9.84. The molecule has 0 spiro atoms. The number of hydrogen-bond donors (Lipinski definition) is 1. The standard InChI is InChI=1S/C13H21N5/c1-4-5-15-12(13-8-14-10-17(13)2)6-11-7-16-18(3)9-11/h7-10,12,15H,4-6H2,1-3H3. The minimum Gasteiger partial charge on any atom is -0.336 e. The van der Waals surface area contributed by atoms with Crippen molar-refractivity contribution in [2.24, 2.45) is 14.1 Å². The van der Waals surface area contributed by atoms with Gasteiger partial charge in [-0.3, -0.25) is 4.68 Å². The summed E-state index contributed by atoms with van der Waals surface area (Å²) in [5.41, 5.74) is 2.46. The Labute approximate surface area is 108 Å². The van der Waals surface area contributed by atoms with Crippen LogP contribution >= 0.6 is 0 Å². The second-order valence-corrected chi connectivity index (χ2v) is 4.66. The van der Waals surface area contributed by atoms with Crippen LogP contribution in [0.1, 0.15) is 30.6 Å². The van der Waals surface area contributed by atoms with Crippen LogP contribution in [0.3, 0.4) is 0 Å². The van der Waals surface area contributed by atoms with Crippen LogP contribution in [0, 0.1) is 0 Å². The van der Waals surface area contributed by atoms with E-state index in [9.17, 15) is 0 Å². The lowest BCUT2D eigenvalue weighted by Gasteiger charge is -2.18. The maximum absolute atomic E-state index is 4.22. The second-order valence-electron chi connectivity index (χ2n) is 4.66. The molecule has 1 unspecified atom stereocenters. The average Bonchev–Trinajstić information content (AvgIpc) is 2.93. The highest BCUT2D eigenvalue weighted by molar-refractivity contribution is 5.13. The first kappa shape index (κ1) is 12.8. The van der Waals surface area contributed by atoms with E-state index in [-0.39, 0.29) is 0 Å². The molecule has 1 N–H and O–H groups in total. The van der Waals surface area contributed by atoms with E-state index in [0.717, 1.165) is 19.4 Å². The van der Waals surface area contributed by atoms with E-state index < -0.39 is 0 Å². The third kappa shape index (κ3) is 2.98. The SMILES string of the molecule is CCCNC(Cc1cnn(C)c1)c1cncn1C. The van der Waals surface area contributed by atoms with Gasteiger partial charge in [0, 0.05) is 26.5 Å². The Hall–Kier alpha value is -1.62. The normalized spacial score (nSPS) is 12.8. The van der Waals surface area contributed by atoms with Crippen LogP contribution in [0.15, 0.2) is 24.9 Å². The average molecular weight is 247 g/mol. The topological polar surface area (TPSA) is 47.7 Å². The first-order chi connectivity index (χ1) is 8.70. The summed E-state index contributed by atoms with van der Waals surface area (Å²) < 4.78 is 3.92. The fourth-order valence-corrected chi connectivity index (χ4v) is 2.12. The summed E-state index contributed by atoms with van der Waals surface area (Å²) in [6, 6.07) is 0.293. The molecular weight excluding hydrogens is 226 g/mol. The van der Waals surface area contributed by atoms with Crippen molar-refractivity contribution in [3.05, 3.63) is 36.2 Å². The summed E-state index contributed by atoms with van der Waals surface area (Å²) in [6.45, 7) is 3.19. The molecule has 5 nitrogen and oxygen atoms in total. The molecule has 2 aromatic rings. The Morgan fingerprint density at radius 1 is 1.33 bits per heavy atom. The number of hydrogen-bond acceptors (Lipinski definition) is 3. The summed E-state index contributed by atoms with van der Waals surface area (Å²) in [7, 11) is 3.98. The lowest BCUT2D eigenvalue weighted by Crippen LogP contribution is -2.25. The van der Waals surface area contributed by atoms with Crippen molar-refractivity contribution in [2.45, 2.75) is 25.8 Å². The van der Waals surface area contributed by atoms with Gasteiger partial charge in [0.1, 0.15) is 0 Å². The van der Waals surface area contributed by atoms with E-state index in [0.29, 0.717) is 6.04 Å². The molecule has 5 heteroatoms. The Bertz CT molecular complexity index is 485. The molecule has 2 aromatic heterocycles. The zero-order valence-electron chi connectivity index (χ0n) is 11.3. The van der Waals surface area contributed by atoms with Gasteiger partial charge >= 0.3 is 0 Å². The fraction of sp³-hybridized carbons (Fsp3) is 0.538. The Morgan fingerprint density at radius 2 is 2.17 bits per heavy atom. The van der Waals surface area contributed by atoms with Crippen LogP contribution in [-0.2, 0) is 20.5 Å². The fourth-order valence-electron chi connectivity index (χ4n) is 2.12. The van der Waals surface area contributed by atoms with Crippen LogP contribution in [-0.4, -0.2) is 25.9 Å². The number of nitrogens with zero attached hydrogens (tertiary/aromatic N) is 4. The number of aromatic nitrogens is 4. The van der Waals surface area contributed by atoms with E-state index in [1.165, 1.54) is 11.3 Å². The van der Waals surface area contributed by atoms with Crippen LogP contribution in [0.25, 0.3) is 0 Å². The summed E-state index contributed by atoms with van der Waals surface area (Å²) in [5, 5.41) is 7.79. The number of rotatable bonds is 6. The third-order valence-corrected chi connectivity index (χ3v) is 3.05. The predicted molar refractivity (Wildman–Crippen MR) is 71.2 cm³/mol. The largest absolute Gasteiger partial charge is 0.336 e. The van der Waals surface area contributed by atoms with Gasteiger partial charge in [-0.2, -0.15) is 5.10 Å². The zero-order valence-corrected chi connectivity index (χ0v) is 11.3. The van der Waals surface area contributed by atoms with Crippen LogP contribution in [0.2, 0.25) is 0 Å². The first-order valence-electron chi connectivity index (χ1n) is 6.37. The van der Waals surface area contributed by atoms with Gasteiger partial charge in [-0.1, -0.05) is 6.92 Å². The first-order valence-corrected chi connectivity index (χ1v) is 6.37. The minimum absolute atomic E-state index is 0.293. The van der Waals surface area contributed by atoms with Crippen molar-refractivity contribution < 1.29 is 0 Å². The van der Waals surface area contributed by atoms with E-state index in [2.05, 4.69) is 33.1 Å².